The first kappa shape index (κ1) is 22.7. The van der Waals surface area contributed by atoms with Crippen LogP contribution in [0.1, 0.15) is 61.4 Å². The first-order chi connectivity index (χ1) is 14.9. The van der Waals surface area contributed by atoms with Crippen LogP contribution in [-0.4, -0.2) is 25.1 Å². The second kappa shape index (κ2) is 10.3. The van der Waals surface area contributed by atoms with Gasteiger partial charge in [-0.2, -0.15) is 0 Å². The summed E-state index contributed by atoms with van der Waals surface area (Å²) >= 11 is 0. The van der Waals surface area contributed by atoms with E-state index in [1.807, 2.05) is 18.2 Å². The Hall–Kier alpha value is -3.01. The molecule has 0 saturated heterocycles. The molecule has 3 rings (SSSR count). The van der Waals surface area contributed by atoms with Crippen molar-refractivity contribution in [3.63, 3.8) is 0 Å². The number of methoxy groups -OCH3 is 2. The number of allylic oxidation sites excluding steroid dienone is 4. The summed E-state index contributed by atoms with van der Waals surface area (Å²) in [5, 5.41) is 10.6. The van der Waals surface area contributed by atoms with Crippen LogP contribution < -0.4 is 9.47 Å². The topological polar surface area (TPSA) is 55.8 Å². The third kappa shape index (κ3) is 5.38. The van der Waals surface area contributed by atoms with Gasteiger partial charge in [0, 0.05) is 18.1 Å². The Labute approximate surface area is 185 Å². The van der Waals surface area contributed by atoms with E-state index in [9.17, 15) is 9.90 Å². The lowest BCUT2D eigenvalue weighted by Gasteiger charge is -2.31. The van der Waals surface area contributed by atoms with E-state index in [0.29, 0.717) is 17.9 Å². The molecule has 164 valence electrons. The fourth-order valence-electron chi connectivity index (χ4n) is 4.34. The zero-order valence-electron chi connectivity index (χ0n) is 18.9. The van der Waals surface area contributed by atoms with Gasteiger partial charge in [0.25, 0.3) is 0 Å². The summed E-state index contributed by atoms with van der Waals surface area (Å²) < 4.78 is 10.6. The average molecular weight is 421 g/mol. The molecule has 0 bridgehead atoms. The van der Waals surface area contributed by atoms with Crippen LogP contribution in [0.3, 0.4) is 0 Å². The van der Waals surface area contributed by atoms with E-state index in [2.05, 4.69) is 38.1 Å². The highest BCUT2D eigenvalue weighted by Crippen LogP contribution is 2.44. The number of ketones is 1. The van der Waals surface area contributed by atoms with Crippen LogP contribution in [0.2, 0.25) is 0 Å². The van der Waals surface area contributed by atoms with Crippen molar-refractivity contribution >= 4 is 5.78 Å². The lowest BCUT2D eigenvalue weighted by molar-refractivity contribution is 0.0889. The molecular weight excluding hydrogens is 388 g/mol. The number of aromatic hydroxyl groups is 1. The van der Waals surface area contributed by atoms with Crippen molar-refractivity contribution in [2.24, 2.45) is 5.92 Å². The Kier molecular flexibility index (Phi) is 7.56. The molecule has 0 heterocycles. The third-order valence-corrected chi connectivity index (χ3v) is 5.97. The lowest BCUT2D eigenvalue weighted by Crippen LogP contribution is -2.26. The molecule has 31 heavy (non-hydrogen) atoms. The number of hydrogen-bond acceptors (Lipinski definition) is 4. The highest BCUT2D eigenvalue weighted by molar-refractivity contribution is 6.03. The molecule has 1 aliphatic rings. The molecule has 0 amide bonds. The summed E-state index contributed by atoms with van der Waals surface area (Å²) in [5.74, 6) is 0.397. The number of Topliss-reactive ketones (excluding diaryl/α,β-unsaturated/α-hetero) is 1. The molecule has 0 aromatic heterocycles. The zero-order valence-corrected chi connectivity index (χ0v) is 18.9. The minimum Gasteiger partial charge on any atom is -0.507 e. The molecule has 1 aliphatic carbocycles. The highest BCUT2D eigenvalue weighted by atomic mass is 16.5. The van der Waals surface area contributed by atoms with E-state index >= 15 is 0 Å². The van der Waals surface area contributed by atoms with Crippen LogP contribution in [0.4, 0.5) is 0 Å². The molecule has 4 nitrogen and oxygen atoms in total. The van der Waals surface area contributed by atoms with E-state index < -0.39 is 0 Å². The van der Waals surface area contributed by atoms with Crippen LogP contribution >= 0.6 is 0 Å². The molecule has 0 unspecified atom stereocenters. The molecule has 0 radical (unpaired) electrons. The fraction of sp³-hybridized carbons (Fsp3) is 0.370. The van der Waals surface area contributed by atoms with Crippen LogP contribution in [0, 0.1) is 5.92 Å². The van der Waals surface area contributed by atoms with Crippen molar-refractivity contribution < 1.29 is 19.4 Å². The summed E-state index contributed by atoms with van der Waals surface area (Å²) in [5.41, 5.74) is 4.10. The van der Waals surface area contributed by atoms with Crippen molar-refractivity contribution in [2.75, 3.05) is 14.2 Å². The average Bonchev–Trinajstić information content (AvgIpc) is 2.78. The van der Waals surface area contributed by atoms with Crippen LogP contribution in [0.5, 0.6) is 17.2 Å². The second-order valence-corrected chi connectivity index (χ2v) is 8.33. The molecule has 0 aliphatic heterocycles. The van der Waals surface area contributed by atoms with E-state index in [4.69, 9.17) is 9.47 Å². The highest BCUT2D eigenvalue weighted by Gasteiger charge is 2.35. The summed E-state index contributed by atoms with van der Waals surface area (Å²) in [4.78, 5) is 13.7. The van der Waals surface area contributed by atoms with Crippen LogP contribution in [-0.2, 0) is 0 Å². The van der Waals surface area contributed by atoms with Crippen LogP contribution in [0.15, 0.2) is 65.8 Å². The predicted molar refractivity (Wildman–Crippen MR) is 124 cm³/mol. The first-order valence-electron chi connectivity index (χ1n) is 10.8. The maximum absolute atomic E-state index is 13.7. The van der Waals surface area contributed by atoms with Gasteiger partial charge < -0.3 is 14.6 Å². The van der Waals surface area contributed by atoms with Gasteiger partial charge in [-0.15, -0.1) is 0 Å². The Morgan fingerprint density at radius 2 is 1.87 bits per heavy atom. The minimum absolute atomic E-state index is 0.0617. The number of ether oxygens (including phenoxy) is 2. The SMILES string of the molecule is COc1cc(O)c(C(=O)[C@@H]2CC=C(CCC=C(C)C)C[C@H]2c2ccccc2)c(OC)c1. The Morgan fingerprint density at radius 3 is 2.52 bits per heavy atom. The van der Waals surface area contributed by atoms with Gasteiger partial charge in [-0.25, -0.2) is 0 Å². The van der Waals surface area contributed by atoms with Crippen molar-refractivity contribution in [2.45, 2.75) is 45.4 Å². The number of hydrogen-bond donors (Lipinski definition) is 1. The van der Waals surface area contributed by atoms with Gasteiger partial charge in [0.2, 0.25) is 0 Å². The largest absolute Gasteiger partial charge is 0.507 e. The smallest absolute Gasteiger partial charge is 0.174 e. The van der Waals surface area contributed by atoms with E-state index in [1.54, 1.807) is 6.07 Å². The number of carbonyl (C=O) groups is 1. The molecular formula is C27H32O4. The van der Waals surface area contributed by atoms with Gasteiger partial charge in [-0.1, -0.05) is 53.6 Å². The van der Waals surface area contributed by atoms with Gasteiger partial charge in [0.15, 0.2) is 5.78 Å². The zero-order chi connectivity index (χ0) is 22.4. The molecule has 2 aromatic rings. The van der Waals surface area contributed by atoms with Crippen molar-refractivity contribution in [1.29, 1.82) is 0 Å². The number of carbonyl (C=O) groups excluding carboxylic acids is 1. The quantitative estimate of drug-likeness (QED) is 0.393. The van der Waals surface area contributed by atoms with Crippen molar-refractivity contribution in [1.82, 2.24) is 0 Å². The fourth-order valence-corrected chi connectivity index (χ4v) is 4.34. The number of rotatable bonds is 8. The maximum atomic E-state index is 13.7. The molecule has 0 fully saturated rings. The van der Waals surface area contributed by atoms with Gasteiger partial charge in [-0.05, 0) is 51.0 Å². The third-order valence-electron chi connectivity index (χ3n) is 5.97. The molecule has 2 atom stereocenters. The van der Waals surface area contributed by atoms with E-state index in [1.165, 1.54) is 31.4 Å². The summed E-state index contributed by atoms with van der Waals surface area (Å²) in [6.07, 6.45) is 7.99. The number of phenolic OH excluding ortho intramolecular Hbond substituents is 1. The van der Waals surface area contributed by atoms with Gasteiger partial charge >= 0.3 is 0 Å². The number of benzene rings is 2. The Bertz CT molecular complexity index is 968. The molecule has 0 spiro atoms. The van der Waals surface area contributed by atoms with Gasteiger partial charge in [0.1, 0.15) is 22.8 Å². The summed E-state index contributed by atoms with van der Waals surface area (Å²) in [7, 11) is 3.02. The van der Waals surface area contributed by atoms with E-state index in [0.717, 1.165) is 24.8 Å². The van der Waals surface area contributed by atoms with Crippen molar-refractivity contribution in [3.8, 4) is 17.2 Å². The maximum Gasteiger partial charge on any atom is 0.174 e. The minimum atomic E-state index is -0.261. The molecule has 2 aromatic carbocycles. The predicted octanol–water partition coefficient (Wildman–Crippen LogP) is 6.46. The monoisotopic (exact) mass is 420 g/mol. The second-order valence-electron chi connectivity index (χ2n) is 8.33. The normalized spacial score (nSPS) is 18.1. The Morgan fingerprint density at radius 1 is 1.13 bits per heavy atom. The van der Waals surface area contributed by atoms with Gasteiger partial charge in [-0.3, -0.25) is 4.79 Å². The van der Waals surface area contributed by atoms with Gasteiger partial charge in [0.05, 0.1) is 14.2 Å². The van der Waals surface area contributed by atoms with Crippen LogP contribution in [0.25, 0.3) is 0 Å². The summed E-state index contributed by atoms with van der Waals surface area (Å²) in [6.45, 7) is 4.23. The van der Waals surface area contributed by atoms with Crippen molar-refractivity contribution in [3.05, 3.63) is 76.9 Å². The standard InChI is InChI=1S/C27H32O4/c1-18(2)9-8-10-19-13-14-22(23(15-19)20-11-6-5-7-12-20)27(29)26-24(28)16-21(30-3)17-25(26)31-4/h5-7,9,11-13,16-17,22-23,28H,8,10,14-15H2,1-4H3/t22-,23+/m1/s1. The number of phenols is 1. The first-order valence-corrected chi connectivity index (χ1v) is 10.8. The Balaban J connectivity index is 1.95. The lowest BCUT2D eigenvalue weighted by atomic mass is 9.72. The van der Waals surface area contributed by atoms with E-state index in [-0.39, 0.29) is 28.9 Å². The molecule has 4 heteroatoms. The molecule has 0 saturated carbocycles. The summed E-state index contributed by atoms with van der Waals surface area (Å²) in [6, 6.07) is 13.3. The molecule has 1 N–H and O–H groups in total.